The van der Waals surface area contributed by atoms with Gasteiger partial charge in [0.15, 0.2) is 11.5 Å². The van der Waals surface area contributed by atoms with Crippen molar-refractivity contribution in [1.82, 2.24) is 5.32 Å². The third-order valence-electron chi connectivity index (χ3n) is 4.77. The first kappa shape index (κ1) is 44.2. The quantitative estimate of drug-likeness (QED) is 0.0738. The van der Waals surface area contributed by atoms with E-state index in [0.29, 0.717) is 8.95 Å². The number of hydrogen-bond acceptors (Lipinski definition) is 9. The molecule has 46 heavy (non-hydrogen) atoms. The zero-order valence-corrected chi connectivity index (χ0v) is 33.4. The van der Waals surface area contributed by atoms with Gasteiger partial charge in [0, 0.05) is 54.9 Å². The normalized spacial score (nSPS) is 10.2. The summed E-state index contributed by atoms with van der Waals surface area (Å²) in [7, 11) is 0. The minimum Gasteiger partial charge on any atom is -0.478 e. The zero-order chi connectivity index (χ0) is 33.5. The molecule has 0 aromatic heterocycles. The van der Waals surface area contributed by atoms with Gasteiger partial charge in [0.25, 0.3) is 5.91 Å². The number of carbonyl (C=O) groups excluding carboxylic acids is 3. The Hall–Kier alpha value is -1.81. The molecule has 0 aliphatic rings. The molecule has 0 heterocycles. The van der Waals surface area contributed by atoms with Crippen molar-refractivity contribution < 1.29 is 89.2 Å². The maximum Gasteiger partial charge on any atom is 0.343 e. The van der Waals surface area contributed by atoms with E-state index in [1.165, 1.54) is 24.3 Å². The minimum absolute atomic E-state index is 0. The Balaban J connectivity index is 0.00000268. The number of nitrogens with two attached hydrogens (primary N) is 1. The Morgan fingerprint density at radius 3 is 1.39 bits per heavy atom. The number of carboxylic acid groups (broad SMARTS) is 2. The van der Waals surface area contributed by atoms with Gasteiger partial charge in [-0.2, -0.15) is 0 Å². The van der Waals surface area contributed by atoms with Gasteiger partial charge >= 0.3 is 23.9 Å². The molecule has 1 amide bonds. The predicted octanol–water partition coefficient (Wildman–Crippen LogP) is 6.26. The smallest absolute Gasteiger partial charge is 0.343 e. The largest absolute Gasteiger partial charge is 0.478 e. The van der Waals surface area contributed by atoms with Crippen molar-refractivity contribution >= 4 is 93.5 Å². The topological polar surface area (TPSA) is 203 Å². The average Bonchev–Trinajstić information content (AvgIpc) is 2.89. The molecular formula is C29H26Br4N2O10Pm-2. The number of aromatic carboxylic acids is 2. The number of aliphatic hydroxyl groups is 1. The van der Waals surface area contributed by atoms with Gasteiger partial charge in [-0.15, -0.1) is 5.54 Å². The van der Waals surface area contributed by atoms with Crippen LogP contribution in [0.4, 0.5) is 0 Å². The molecule has 0 aliphatic heterocycles. The number of aliphatic hydroxyl groups excluding tert-OH is 1. The van der Waals surface area contributed by atoms with Crippen LogP contribution in [0.3, 0.4) is 0 Å². The van der Waals surface area contributed by atoms with Crippen molar-refractivity contribution in [2.75, 3.05) is 6.73 Å². The molecule has 0 fully saturated rings. The predicted molar refractivity (Wildman–Crippen MR) is 179 cm³/mol. The van der Waals surface area contributed by atoms with Crippen LogP contribution in [-0.2, 0) is 0 Å². The standard InChI is InChI=1S/C24H13Br4NO10.C4H10N.CH3.Pm/c25-12-4-14(21(32)33)18(16(27)6-12)38-23(36)10-1-9(20(31)29-8-30)2-11(3-10)24(37)39-19-15(22(34)35)5-13(26)7-17(19)28;1-4(2,3)5;;/h1-7,30H,8H2,(H,29,31)(H,32,33)(H,34,35);1,5H2,2-3H3;1H3;/q;2*-1;. The molecule has 0 bridgehead atoms. The Labute approximate surface area is 330 Å². The maximum absolute atomic E-state index is 13.1. The van der Waals surface area contributed by atoms with E-state index in [-0.39, 0.29) is 102 Å². The van der Waals surface area contributed by atoms with Crippen molar-refractivity contribution in [2.45, 2.75) is 19.4 Å². The fraction of sp³-hybridized carbons (Fsp3) is 0.138. The van der Waals surface area contributed by atoms with Gasteiger partial charge in [0.2, 0.25) is 0 Å². The van der Waals surface area contributed by atoms with E-state index in [9.17, 15) is 34.2 Å². The fourth-order valence-electron chi connectivity index (χ4n) is 3.12. The van der Waals surface area contributed by atoms with Gasteiger partial charge in [-0.1, -0.05) is 45.7 Å². The van der Waals surface area contributed by atoms with Crippen LogP contribution in [0.5, 0.6) is 11.5 Å². The molecule has 17 heteroatoms. The summed E-state index contributed by atoms with van der Waals surface area (Å²) in [4.78, 5) is 61.9. The molecule has 3 aromatic carbocycles. The minimum atomic E-state index is -1.39. The first-order chi connectivity index (χ1) is 20.3. The van der Waals surface area contributed by atoms with E-state index >= 15 is 0 Å². The van der Waals surface area contributed by atoms with E-state index in [0.717, 1.165) is 18.2 Å². The van der Waals surface area contributed by atoms with Crippen LogP contribution in [0.1, 0.15) is 65.6 Å². The van der Waals surface area contributed by atoms with Gasteiger partial charge in [-0.05, 0) is 74.3 Å². The first-order valence-electron chi connectivity index (χ1n) is 11.9. The zero-order valence-electron chi connectivity index (χ0n) is 24.2. The molecule has 0 saturated carbocycles. The van der Waals surface area contributed by atoms with Crippen LogP contribution in [0.2, 0.25) is 0 Å². The third kappa shape index (κ3) is 13.4. The number of hydrogen-bond donors (Lipinski definition) is 5. The van der Waals surface area contributed by atoms with Crippen LogP contribution < -0.4 is 20.5 Å². The summed E-state index contributed by atoms with van der Waals surface area (Å²) in [6, 6.07) is 8.42. The number of halogens is 4. The van der Waals surface area contributed by atoms with E-state index in [1.54, 1.807) is 0 Å². The summed E-state index contributed by atoms with van der Waals surface area (Å²) in [5.74, 6) is -6.60. The van der Waals surface area contributed by atoms with Crippen LogP contribution in [0.15, 0.2) is 60.4 Å². The molecular weight excluding hydrogens is 1000 g/mol. The van der Waals surface area contributed by atoms with Crippen LogP contribution in [0.25, 0.3) is 0 Å². The van der Waals surface area contributed by atoms with E-state index < -0.39 is 36.5 Å². The van der Waals surface area contributed by atoms with Gasteiger partial charge < -0.3 is 50.2 Å². The maximum atomic E-state index is 13.1. The molecule has 0 saturated heterocycles. The summed E-state index contributed by atoms with van der Waals surface area (Å²) in [5, 5.41) is 30.2. The summed E-state index contributed by atoms with van der Waals surface area (Å²) in [6.45, 7) is 6.50. The monoisotopic (exact) mass is 1020 g/mol. The third-order valence-corrected chi connectivity index (χ3v) is 6.87. The number of carbonyl (C=O) groups is 5. The molecule has 6 N–H and O–H groups in total. The molecule has 0 aliphatic carbocycles. The van der Waals surface area contributed by atoms with Gasteiger partial charge in [-0.3, -0.25) is 4.79 Å². The van der Waals surface area contributed by atoms with Crippen molar-refractivity contribution in [3.8, 4) is 11.5 Å². The Morgan fingerprint density at radius 1 is 0.761 bits per heavy atom. The van der Waals surface area contributed by atoms with Gasteiger partial charge in [-0.25, -0.2) is 19.2 Å². The van der Waals surface area contributed by atoms with Gasteiger partial charge in [0.1, 0.15) is 17.9 Å². The van der Waals surface area contributed by atoms with Crippen LogP contribution in [0, 0.1) is 54.7 Å². The summed E-state index contributed by atoms with van der Waals surface area (Å²) in [5.41, 5.74) is 3.30. The SMILES string of the molecule is O=C(NCO)c1cc(C(=O)Oc2c(Br)cc(Br)cc2C(=O)O)cc(C(=O)Oc2c(Br)cc(Br)cc2C(=O)O)c1.[CH2-]C(C)(C)N.[CH3-].[Pm]. The second-order valence-corrected chi connectivity index (χ2v) is 12.9. The average molecular weight is 1030 g/mol. The Morgan fingerprint density at radius 2 is 1.09 bits per heavy atom. The fourth-order valence-corrected chi connectivity index (χ4v) is 5.73. The Bertz CT molecular complexity index is 1540. The van der Waals surface area contributed by atoms with Crippen molar-refractivity contribution in [1.29, 1.82) is 0 Å². The van der Waals surface area contributed by atoms with Crippen LogP contribution >= 0.6 is 63.7 Å². The molecule has 3 rings (SSSR count). The second kappa shape index (κ2) is 19.3. The molecule has 12 nitrogen and oxygen atoms in total. The molecule has 3 aromatic rings. The van der Waals surface area contributed by atoms with Crippen LogP contribution in [-0.4, -0.2) is 57.4 Å². The van der Waals surface area contributed by atoms with E-state index in [4.69, 9.17) is 20.3 Å². The molecule has 0 atom stereocenters. The van der Waals surface area contributed by atoms with Crippen molar-refractivity contribution in [2.24, 2.45) is 5.73 Å². The second-order valence-electron chi connectivity index (χ2n) is 9.37. The number of esters is 2. The molecule has 0 spiro atoms. The van der Waals surface area contributed by atoms with E-state index in [1.807, 2.05) is 13.8 Å². The number of amides is 1. The summed E-state index contributed by atoms with van der Waals surface area (Å²) >= 11 is 12.6. The number of carboxylic acids is 2. The van der Waals surface area contributed by atoms with E-state index in [2.05, 4.69) is 76.0 Å². The van der Waals surface area contributed by atoms with Crippen molar-refractivity contribution in [3.63, 3.8) is 0 Å². The van der Waals surface area contributed by atoms with Gasteiger partial charge in [0.05, 0.1) is 20.1 Å². The number of nitrogens with one attached hydrogen (secondary N) is 1. The molecule has 247 valence electrons. The summed E-state index contributed by atoms with van der Waals surface area (Å²) < 4.78 is 11.6. The summed E-state index contributed by atoms with van der Waals surface area (Å²) in [6.07, 6.45) is 0. The number of ether oxygens (including phenoxy) is 2. The Kier molecular flexibility index (Phi) is 18.5. The number of rotatable bonds is 8. The molecule has 1 radical (unpaired) electrons. The van der Waals surface area contributed by atoms with Crippen molar-refractivity contribution in [3.05, 3.63) is 103 Å². The number of benzene rings is 3. The first-order valence-corrected chi connectivity index (χ1v) is 15.1. The molecule has 0 unspecified atom stereocenters.